The first-order valence-corrected chi connectivity index (χ1v) is 17.5. The van der Waals surface area contributed by atoms with Crippen LogP contribution in [0.4, 0.5) is 10.2 Å². The Bertz CT molecular complexity index is 1260. The van der Waals surface area contributed by atoms with Crippen molar-refractivity contribution in [3.63, 3.8) is 0 Å². The molecule has 1 aromatic heterocycles. The highest BCUT2D eigenvalue weighted by molar-refractivity contribution is 8.13. The van der Waals surface area contributed by atoms with E-state index in [-0.39, 0.29) is 30.2 Å². The number of anilines is 1. The second kappa shape index (κ2) is 15.8. The monoisotopic (exact) mass is 644 g/mol. The standard InChI is InChI=1S/C28H42FN4O6PS2/c1-19(12-13-20-10-6-5-7-11-20)32-40(37,38-16-8-9-17-41-26(35)28(2,3)4)39-18-21-24(34)23(29)25(42-21)33-15-14-22(30)31-27(33)36/h5-7,10-11,14-15,19,21,23-25,34H,8-9,12-13,16-18H2,1-4H3,(H,32,37)(H2,30,31,36)/t19-,21+,23-,24+,25+,40?/m0/s1. The Balaban J connectivity index is 1.60. The lowest BCUT2D eigenvalue weighted by Gasteiger charge is -2.25. The predicted octanol–water partition coefficient (Wildman–Crippen LogP) is 4.98. The normalized spacial score (nSPS) is 23.0. The molecule has 234 valence electrons. The van der Waals surface area contributed by atoms with Crippen molar-refractivity contribution in [2.45, 2.75) is 82.3 Å². The molecule has 1 aliphatic rings. The van der Waals surface area contributed by atoms with Gasteiger partial charge in [-0.1, -0.05) is 62.9 Å². The number of hydrogen-bond acceptors (Lipinski definition) is 10. The SMILES string of the molecule is C[C@@H](CCc1ccccc1)NP(=O)(OCCCCSC(=O)C(C)(C)C)OC[C@H]1S[C@@H](n2ccc(N)nc2=O)[C@@H](F)[C@@H]1O. The van der Waals surface area contributed by atoms with E-state index >= 15 is 4.39 Å². The first-order chi connectivity index (χ1) is 19.8. The van der Waals surface area contributed by atoms with Crippen LogP contribution in [0.3, 0.4) is 0 Å². The van der Waals surface area contributed by atoms with Crippen LogP contribution in [0.25, 0.3) is 0 Å². The Kier molecular flexibility index (Phi) is 13.1. The van der Waals surface area contributed by atoms with E-state index in [0.29, 0.717) is 25.0 Å². The molecule has 0 spiro atoms. The number of aromatic nitrogens is 2. The Morgan fingerprint density at radius 3 is 2.64 bits per heavy atom. The third kappa shape index (κ3) is 10.5. The topological polar surface area (TPSA) is 146 Å². The van der Waals surface area contributed by atoms with Crippen molar-refractivity contribution in [2.24, 2.45) is 5.41 Å². The number of aryl methyl sites for hydroxylation is 1. The van der Waals surface area contributed by atoms with Crippen LogP contribution in [0, 0.1) is 5.41 Å². The number of nitrogens with one attached hydrogen (secondary N) is 1. The number of nitrogens with two attached hydrogens (primary N) is 1. The molecule has 1 unspecified atom stereocenters. The van der Waals surface area contributed by atoms with Crippen LogP contribution in [0.1, 0.15) is 57.9 Å². The molecule has 0 bridgehead atoms. The van der Waals surface area contributed by atoms with Crippen molar-refractivity contribution in [1.29, 1.82) is 0 Å². The quantitative estimate of drug-likeness (QED) is 0.178. The summed E-state index contributed by atoms with van der Waals surface area (Å²) >= 11 is 2.27. The van der Waals surface area contributed by atoms with E-state index in [1.54, 1.807) is 0 Å². The molecular weight excluding hydrogens is 602 g/mol. The Labute approximate surface area is 255 Å². The van der Waals surface area contributed by atoms with Crippen LogP contribution < -0.4 is 16.5 Å². The van der Waals surface area contributed by atoms with Gasteiger partial charge < -0.3 is 10.8 Å². The largest absolute Gasteiger partial charge is 0.405 e. The second-order valence-electron chi connectivity index (χ2n) is 11.3. The number of benzene rings is 1. The molecule has 0 radical (unpaired) electrons. The molecular formula is C28H42FN4O6PS2. The van der Waals surface area contributed by atoms with E-state index in [9.17, 15) is 19.3 Å². The molecule has 2 heterocycles. The summed E-state index contributed by atoms with van der Waals surface area (Å²) in [5.74, 6) is 0.634. The van der Waals surface area contributed by atoms with Crippen LogP contribution in [0.5, 0.6) is 0 Å². The smallest absolute Gasteiger partial charge is 0.389 e. The van der Waals surface area contributed by atoms with E-state index < -0.39 is 41.8 Å². The van der Waals surface area contributed by atoms with E-state index in [0.717, 1.165) is 28.3 Å². The fourth-order valence-corrected chi connectivity index (χ4v) is 8.21. The van der Waals surface area contributed by atoms with Gasteiger partial charge in [0.05, 0.1) is 18.5 Å². The number of aliphatic hydroxyl groups excluding tert-OH is 1. The predicted molar refractivity (Wildman–Crippen MR) is 167 cm³/mol. The number of carbonyl (C=O) groups excluding carboxylic acids is 1. The molecule has 6 atom stereocenters. The number of carbonyl (C=O) groups is 1. The molecule has 1 fully saturated rings. The van der Waals surface area contributed by atoms with Crippen LogP contribution in [-0.2, 0) is 24.8 Å². The van der Waals surface area contributed by atoms with Gasteiger partial charge in [0.2, 0.25) is 0 Å². The molecule has 4 N–H and O–H groups in total. The number of halogens is 1. The zero-order valence-corrected chi connectivity index (χ0v) is 27.0. The van der Waals surface area contributed by atoms with Gasteiger partial charge in [0.1, 0.15) is 17.3 Å². The highest BCUT2D eigenvalue weighted by Gasteiger charge is 2.46. The van der Waals surface area contributed by atoms with E-state index in [2.05, 4.69) is 10.1 Å². The van der Waals surface area contributed by atoms with Gasteiger partial charge in [0.25, 0.3) is 0 Å². The van der Waals surface area contributed by atoms with Gasteiger partial charge in [0, 0.05) is 23.4 Å². The van der Waals surface area contributed by atoms with Gasteiger partial charge in [-0.25, -0.2) is 18.8 Å². The summed E-state index contributed by atoms with van der Waals surface area (Å²) in [6.45, 7) is 7.36. The molecule has 3 rings (SSSR count). The minimum absolute atomic E-state index is 0.0139. The van der Waals surface area contributed by atoms with Gasteiger partial charge in [-0.3, -0.25) is 18.4 Å². The van der Waals surface area contributed by atoms with Gasteiger partial charge in [-0.05, 0) is 44.2 Å². The summed E-state index contributed by atoms with van der Waals surface area (Å²) < 4.78 is 41.5. The van der Waals surface area contributed by atoms with Gasteiger partial charge in [-0.2, -0.15) is 4.98 Å². The molecule has 0 amide bonds. The molecule has 42 heavy (non-hydrogen) atoms. The molecule has 1 aromatic carbocycles. The maximum atomic E-state index is 15.1. The summed E-state index contributed by atoms with van der Waals surface area (Å²) in [7, 11) is -3.87. The Morgan fingerprint density at radius 1 is 1.26 bits per heavy atom. The second-order valence-corrected chi connectivity index (χ2v) is 15.5. The summed E-state index contributed by atoms with van der Waals surface area (Å²) in [4.78, 5) is 28.0. The highest BCUT2D eigenvalue weighted by Crippen LogP contribution is 2.49. The van der Waals surface area contributed by atoms with E-state index in [1.165, 1.54) is 24.0 Å². The van der Waals surface area contributed by atoms with Crippen molar-refractivity contribution < 1.29 is 27.9 Å². The van der Waals surface area contributed by atoms with Crippen molar-refractivity contribution in [3.8, 4) is 0 Å². The highest BCUT2D eigenvalue weighted by atomic mass is 32.2. The lowest BCUT2D eigenvalue weighted by atomic mass is 10.00. The van der Waals surface area contributed by atoms with Gasteiger partial charge in [-0.15, -0.1) is 11.8 Å². The number of unbranched alkanes of at least 4 members (excludes halogenated alkanes) is 1. The third-order valence-electron chi connectivity index (χ3n) is 6.56. The maximum Gasteiger partial charge on any atom is 0.405 e. The average molecular weight is 645 g/mol. The number of hydrogen-bond donors (Lipinski definition) is 3. The number of rotatable bonds is 15. The van der Waals surface area contributed by atoms with Gasteiger partial charge in [0.15, 0.2) is 11.3 Å². The Morgan fingerprint density at radius 2 is 1.98 bits per heavy atom. The van der Waals surface area contributed by atoms with Crippen LogP contribution in [0.2, 0.25) is 0 Å². The molecule has 2 aromatic rings. The van der Waals surface area contributed by atoms with Crippen LogP contribution in [0.15, 0.2) is 47.4 Å². The number of nitrogen functional groups attached to an aromatic ring is 1. The van der Waals surface area contributed by atoms with Crippen LogP contribution in [-0.4, -0.2) is 62.3 Å². The number of alkyl halides is 1. The number of nitrogens with zero attached hydrogens (tertiary/aromatic N) is 2. The zero-order chi connectivity index (χ0) is 30.9. The molecule has 0 saturated carbocycles. The summed E-state index contributed by atoms with van der Waals surface area (Å²) in [6, 6.07) is 11.0. The zero-order valence-electron chi connectivity index (χ0n) is 24.5. The Hall–Kier alpha value is -1.73. The fourth-order valence-electron chi connectivity index (χ4n) is 4.10. The summed E-state index contributed by atoms with van der Waals surface area (Å²) in [6.07, 6.45) is 0.741. The fraction of sp³-hybridized carbons (Fsp3) is 0.607. The lowest BCUT2D eigenvalue weighted by Crippen LogP contribution is -2.34. The van der Waals surface area contributed by atoms with Gasteiger partial charge >= 0.3 is 13.4 Å². The van der Waals surface area contributed by atoms with Crippen molar-refractivity contribution in [1.82, 2.24) is 14.6 Å². The lowest BCUT2D eigenvalue weighted by molar-refractivity contribution is -0.117. The van der Waals surface area contributed by atoms with Crippen molar-refractivity contribution in [2.75, 3.05) is 24.7 Å². The first-order valence-electron chi connectivity index (χ1n) is 14.0. The van der Waals surface area contributed by atoms with Crippen LogP contribution >= 0.6 is 31.3 Å². The van der Waals surface area contributed by atoms with Crippen molar-refractivity contribution in [3.05, 3.63) is 58.6 Å². The van der Waals surface area contributed by atoms with Crippen molar-refractivity contribution >= 4 is 42.2 Å². The maximum absolute atomic E-state index is 15.1. The molecule has 0 aliphatic carbocycles. The third-order valence-corrected chi connectivity index (χ3v) is 11.2. The molecule has 14 heteroatoms. The minimum atomic E-state index is -3.87. The minimum Gasteiger partial charge on any atom is -0.389 e. The summed E-state index contributed by atoms with van der Waals surface area (Å²) in [5, 5.41) is 11.8. The number of aliphatic hydroxyl groups is 1. The molecule has 1 aliphatic heterocycles. The number of thioether (sulfide) groups is 2. The average Bonchev–Trinajstić information content (AvgIpc) is 3.21. The first kappa shape index (κ1) is 34.8. The van der Waals surface area contributed by atoms with E-state index in [4.69, 9.17) is 14.8 Å². The van der Waals surface area contributed by atoms with E-state index in [1.807, 2.05) is 58.0 Å². The summed E-state index contributed by atoms with van der Waals surface area (Å²) in [5.41, 5.74) is 5.54. The molecule has 1 saturated heterocycles. The molecule has 10 nitrogen and oxygen atoms in total.